The molecule has 3 heterocycles. The number of amides is 1. The average molecular weight is 298 g/mol. The van der Waals surface area contributed by atoms with E-state index in [4.69, 9.17) is 0 Å². The first kappa shape index (κ1) is 14.8. The van der Waals surface area contributed by atoms with Crippen LogP contribution in [0.3, 0.4) is 0 Å². The Morgan fingerprint density at radius 1 is 1.32 bits per heavy atom. The van der Waals surface area contributed by atoms with E-state index in [2.05, 4.69) is 22.2 Å². The number of rotatable bonds is 3. The molecule has 0 radical (unpaired) electrons. The Balaban J connectivity index is 1.55. The number of likely N-dealkylation sites (tertiary alicyclic amines) is 1. The van der Waals surface area contributed by atoms with E-state index in [9.17, 15) is 4.79 Å². The maximum atomic E-state index is 12.4. The number of pyridine rings is 1. The molecule has 5 heteroatoms. The molecule has 116 valence electrons. The van der Waals surface area contributed by atoms with Gasteiger partial charge < -0.3 is 4.90 Å². The molecule has 1 saturated heterocycles. The van der Waals surface area contributed by atoms with Crippen LogP contribution in [-0.2, 0) is 13.5 Å². The van der Waals surface area contributed by atoms with Gasteiger partial charge in [0.05, 0.1) is 0 Å². The van der Waals surface area contributed by atoms with Crippen LogP contribution >= 0.6 is 0 Å². The monoisotopic (exact) mass is 298 g/mol. The predicted molar refractivity (Wildman–Crippen MR) is 84.5 cm³/mol. The van der Waals surface area contributed by atoms with Crippen LogP contribution in [0.25, 0.3) is 0 Å². The summed E-state index contributed by atoms with van der Waals surface area (Å²) in [7, 11) is 1.83. The Kier molecular flexibility index (Phi) is 4.22. The van der Waals surface area contributed by atoms with Crippen molar-refractivity contribution in [2.24, 2.45) is 13.0 Å². The summed E-state index contributed by atoms with van der Waals surface area (Å²) in [5, 5.41) is 4.20. The summed E-state index contributed by atoms with van der Waals surface area (Å²) in [6, 6.07) is 6.04. The van der Waals surface area contributed by atoms with E-state index < -0.39 is 0 Å². The lowest BCUT2D eigenvalue weighted by molar-refractivity contribution is 0.0684. The highest BCUT2D eigenvalue weighted by atomic mass is 16.2. The van der Waals surface area contributed by atoms with E-state index >= 15 is 0 Å². The van der Waals surface area contributed by atoms with Gasteiger partial charge in [-0.3, -0.25) is 14.5 Å². The molecular formula is C17H22N4O. The third-order valence-corrected chi connectivity index (χ3v) is 4.32. The van der Waals surface area contributed by atoms with Gasteiger partial charge in [0, 0.05) is 38.2 Å². The highest BCUT2D eigenvalue weighted by Crippen LogP contribution is 2.22. The Bertz CT molecular complexity index is 656. The zero-order chi connectivity index (χ0) is 15.5. The van der Waals surface area contributed by atoms with Crippen molar-refractivity contribution in [3.63, 3.8) is 0 Å². The van der Waals surface area contributed by atoms with Crippen molar-refractivity contribution in [2.45, 2.75) is 26.2 Å². The smallest absolute Gasteiger partial charge is 0.274 e. The quantitative estimate of drug-likeness (QED) is 0.873. The van der Waals surface area contributed by atoms with Crippen molar-refractivity contribution in [1.29, 1.82) is 0 Å². The third-order valence-electron chi connectivity index (χ3n) is 4.32. The number of aromatic nitrogens is 3. The molecule has 5 nitrogen and oxygen atoms in total. The zero-order valence-corrected chi connectivity index (χ0v) is 13.2. The molecule has 0 N–H and O–H groups in total. The van der Waals surface area contributed by atoms with Crippen molar-refractivity contribution >= 4 is 5.91 Å². The number of hydrogen-bond acceptors (Lipinski definition) is 3. The van der Waals surface area contributed by atoms with Crippen LogP contribution in [0.5, 0.6) is 0 Å². The molecule has 22 heavy (non-hydrogen) atoms. The molecular weight excluding hydrogens is 276 g/mol. The van der Waals surface area contributed by atoms with Gasteiger partial charge in [0.25, 0.3) is 5.91 Å². The second kappa shape index (κ2) is 6.30. The molecule has 0 unspecified atom stereocenters. The molecule has 0 atom stereocenters. The summed E-state index contributed by atoms with van der Waals surface area (Å²) in [5.41, 5.74) is 2.97. The summed E-state index contributed by atoms with van der Waals surface area (Å²) in [5.74, 6) is 0.702. The normalized spacial score (nSPS) is 16.0. The number of hydrogen-bond donors (Lipinski definition) is 0. The molecule has 1 aliphatic rings. The van der Waals surface area contributed by atoms with Crippen LogP contribution in [0.4, 0.5) is 0 Å². The molecule has 1 fully saturated rings. The van der Waals surface area contributed by atoms with E-state index in [0.717, 1.165) is 38.0 Å². The predicted octanol–water partition coefficient (Wildman–Crippen LogP) is 2.22. The highest BCUT2D eigenvalue weighted by molar-refractivity contribution is 5.92. The van der Waals surface area contributed by atoms with Gasteiger partial charge >= 0.3 is 0 Å². The molecule has 1 amide bonds. The van der Waals surface area contributed by atoms with Crippen LogP contribution in [0.15, 0.2) is 30.6 Å². The van der Waals surface area contributed by atoms with E-state index in [1.165, 1.54) is 5.56 Å². The maximum Gasteiger partial charge on any atom is 0.274 e. The van der Waals surface area contributed by atoms with Crippen LogP contribution in [0.1, 0.15) is 34.6 Å². The van der Waals surface area contributed by atoms with Crippen LogP contribution in [0, 0.1) is 12.8 Å². The topological polar surface area (TPSA) is 51.0 Å². The van der Waals surface area contributed by atoms with Crippen molar-refractivity contribution in [3.8, 4) is 0 Å². The van der Waals surface area contributed by atoms with Gasteiger partial charge in [-0.25, -0.2) is 0 Å². The second-order valence-electron chi connectivity index (χ2n) is 6.12. The van der Waals surface area contributed by atoms with Crippen molar-refractivity contribution in [2.75, 3.05) is 13.1 Å². The van der Waals surface area contributed by atoms with Crippen LogP contribution < -0.4 is 0 Å². The average Bonchev–Trinajstić information content (AvgIpc) is 2.94. The molecule has 2 aromatic heterocycles. The lowest BCUT2D eigenvalue weighted by Gasteiger charge is -2.31. The van der Waals surface area contributed by atoms with Crippen molar-refractivity contribution < 1.29 is 4.79 Å². The maximum absolute atomic E-state index is 12.4. The number of aryl methyl sites for hydroxylation is 2. The minimum absolute atomic E-state index is 0.0544. The van der Waals surface area contributed by atoms with Gasteiger partial charge in [0.15, 0.2) is 0 Å². The van der Waals surface area contributed by atoms with Gasteiger partial charge in [-0.1, -0.05) is 0 Å². The summed E-state index contributed by atoms with van der Waals surface area (Å²) < 4.78 is 1.67. The summed E-state index contributed by atoms with van der Waals surface area (Å²) >= 11 is 0. The molecule has 3 rings (SSSR count). The Labute approximate surface area is 131 Å². The Morgan fingerprint density at radius 2 is 2.09 bits per heavy atom. The first-order chi connectivity index (χ1) is 10.6. The Morgan fingerprint density at radius 3 is 2.73 bits per heavy atom. The van der Waals surface area contributed by atoms with Gasteiger partial charge in [-0.15, -0.1) is 0 Å². The van der Waals surface area contributed by atoms with E-state index in [1.54, 1.807) is 10.7 Å². The lowest BCUT2D eigenvalue weighted by Crippen LogP contribution is -2.39. The fourth-order valence-electron chi connectivity index (χ4n) is 3.10. The van der Waals surface area contributed by atoms with Crippen molar-refractivity contribution in [3.05, 3.63) is 47.5 Å². The molecule has 0 bridgehead atoms. The highest BCUT2D eigenvalue weighted by Gasteiger charge is 2.24. The SMILES string of the molecule is Cc1cc(CC2CCN(C(=O)c3ccn(C)n3)CC2)ccn1. The number of carbonyl (C=O) groups excluding carboxylic acids is 1. The van der Waals surface area contributed by atoms with Gasteiger partial charge in [0.2, 0.25) is 0 Å². The lowest BCUT2D eigenvalue weighted by atomic mass is 9.90. The second-order valence-corrected chi connectivity index (χ2v) is 6.12. The van der Waals surface area contributed by atoms with Gasteiger partial charge in [0.1, 0.15) is 5.69 Å². The minimum atomic E-state index is 0.0544. The van der Waals surface area contributed by atoms with E-state index in [0.29, 0.717) is 11.6 Å². The fourth-order valence-corrected chi connectivity index (χ4v) is 3.10. The summed E-state index contributed by atoms with van der Waals surface area (Å²) in [6.45, 7) is 3.67. The van der Waals surface area contributed by atoms with E-state index in [-0.39, 0.29) is 5.91 Å². The molecule has 0 spiro atoms. The number of piperidine rings is 1. The molecule has 0 aliphatic carbocycles. The Hall–Kier alpha value is -2.17. The van der Waals surface area contributed by atoms with E-state index in [1.807, 2.05) is 31.3 Å². The molecule has 0 saturated carbocycles. The third kappa shape index (κ3) is 3.35. The first-order valence-corrected chi connectivity index (χ1v) is 7.82. The van der Waals surface area contributed by atoms with Gasteiger partial charge in [-0.2, -0.15) is 5.10 Å². The fraction of sp³-hybridized carbons (Fsp3) is 0.471. The number of nitrogens with zero attached hydrogens (tertiary/aromatic N) is 4. The minimum Gasteiger partial charge on any atom is -0.337 e. The van der Waals surface area contributed by atoms with Crippen LogP contribution in [0.2, 0.25) is 0 Å². The summed E-state index contributed by atoms with van der Waals surface area (Å²) in [4.78, 5) is 18.5. The van der Waals surface area contributed by atoms with Crippen molar-refractivity contribution in [1.82, 2.24) is 19.7 Å². The first-order valence-electron chi connectivity index (χ1n) is 7.82. The largest absolute Gasteiger partial charge is 0.337 e. The zero-order valence-electron chi connectivity index (χ0n) is 13.2. The molecule has 2 aromatic rings. The van der Waals surface area contributed by atoms with Crippen LogP contribution in [-0.4, -0.2) is 38.7 Å². The van der Waals surface area contributed by atoms with Gasteiger partial charge in [-0.05, 0) is 55.9 Å². The standard InChI is InChI=1S/C17H22N4O/c1-13-11-15(3-7-18-13)12-14-4-9-21(10-5-14)17(22)16-6-8-20(2)19-16/h3,6-8,11,14H,4-5,9-10,12H2,1-2H3. The molecule has 1 aliphatic heterocycles. The molecule has 0 aromatic carbocycles. The number of carbonyl (C=O) groups is 1. The summed E-state index contributed by atoms with van der Waals surface area (Å²) in [6.07, 6.45) is 6.88.